The molecule has 0 aliphatic rings. The summed E-state index contributed by atoms with van der Waals surface area (Å²) in [5, 5.41) is 16.2. The average molecular weight is 353 g/mol. The Morgan fingerprint density at radius 2 is 1.88 bits per heavy atom. The number of aromatic carboxylic acids is 1. The van der Waals surface area contributed by atoms with Crippen molar-refractivity contribution in [3.05, 3.63) is 64.6 Å². The van der Waals surface area contributed by atoms with E-state index < -0.39 is 24.0 Å². The molecule has 0 fully saturated rings. The average Bonchev–Trinajstić information content (AvgIpc) is 2.64. The van der Waals surface area contributed by atoms with Crippen molar-refractivity contribution in [3.63, 3.8) is 0 Å². The molecule has 132 valence electrons. The predicted octanol–water partition coefficient (Wildman–Crippen LogP) is 1.74. The van der Waals surface area contributed by atoms with Crippen molar-refractivity contribution in [1.29, 1.82) is 0 Å². The van der Waals surface area contributed by atoms with Crippen molar-refractivity contribution in [3.8, 4) is 5.75 Å². The van der Waals surface area contributed by atoms with Crippen molar-refractivity contribution in [2.75, 3.05) is 12.4 Å². The number of amides is 1. The van der Waals surface area contributed by atoms with Gasteiger partial charge < -0.3 is 15.2 Å². The molecule has 0 aliphatic heterocycles. The number of carbonyl (C=O) groups excluding carboxylic acids is 1. The Bertz CT molecular complexity index is 1060. The van der Waals surface area contributed by atoms with E-state index in [0.717, 1.165) is 4.68 Å². The standard InChI is InChI=1S/C18H15N3O5/c1-26-12-6-4-5-11(9-12)19-15(22)10-21-17(23)14-8-3-2-7-13(14)16(20-21)18(24)25/h2-9H,10H2,1H3,(H,19,22)(H,24,25). The van der Waals surface area contributed by atoms with Crippen molar-refractivity contribution < 1.29 is 19.4 Å². The van der Waals surface area contributed by atoms with Crippen molar-refractivity contribution >= 4 is 28.3 Å². The third kappa shape index (κ3) is 3.39. The van der Waals surface area contributed by atoms with Gasteiger partial charge in [0.05, 0.1) is 12.5 Å². The quantitative estimate of drug-likeness (QED) is 0.723. The van der Waals surface area contributed by atoms with Crippen LogP contribution in [-0.4, -0.2) is 33.9 Å². The van der Waals surface area contributed by atoms with Crippen LogP contribution in [0.2, 0.25) is 0 Å². The molecule has 0 unspecified atom stereocenters. The summed E-state index contributed by atoms with van der Waals surface area (Å²) in [5.41, 5.74) is -0.331. The van der Waals surface area contributed by atoms with Crippen LogP contribution >= 0.6 is 0 Å². The van der Waals surface area contributed by atoms with Crippen LogP contribution in [0.3, 0.4) is 0 Å². The van der Waals surface area contributed by atoms with Gasteiger partial charge in [0, 0.05) is 17.1 Å². The normalized spacial score (nSPS) is 10.5. The fourth-order valence-electron chi connectivity index (χ4n) is 2.54. The molecule has 0 saturated carbocycles. The summed E-state index contributed by atoms with van der Waals surface area (Å²) in [7, 11) is 1.51. The first-order valence-corrected chi connectivity index (χ1v) is 7.66. The van der Waals surface area contributed by atoms with E-state index in [9.17, 15) is 19.5 Å². The van der Waals surface area contributed by atoms with E-state index in [4.69, 9.17) is 4.74 Å². The van der Waals surface area contributed by atoms with Crippen LogP contribution in [0.1, 0.15) is 10.5 Å². The number of hydrogen-bond acceptors (Lipinski definition) is 5. The van der Waals surface area contributed by atoms with Crippen molar-refractivity contribution in [1.82, 2.24) is 9.78 Å². The van der Waals surface area contributed by atoms with Gasteiger partial charge in [0.15, 0.2) is 5.69 Å². The zero-order valence-corrected chi connectivity index (χ0v) is 13.8. The molecule has 0 aliphatic carbocycles. The van der Waals surface area contributed by atoms with Gasteiger partial charge in [0.2, 0.25) is 5.91 Å². The summed E-state index contributed by atoms with van der Waals surface area (Å²) in [5.74, 6) is -1.22. The van der Waals surface area contributed by atoms with Gasteiger partial charge in [-0.25, -0.2) is 9.48 Å². The molecule has 8 nitrogen and oxygen atoms in total. The number of hydrogen-bond donors (Lipinski definition) is 2. The van der Waals surface area contributed by atoms with E-state index in [1.165, 1.54) is 19.2 Å². The molecule has 2 N–H and O–H groups in total. The van der Waals surface area contributed by atoms with Crippen LogP contribution < -0.4 is 15.6 Å². The highest BCUT2D eigenvalue weighted by Crippen LogP contribution is 2.17. The molecule has 2 aromatic carbocycles. The predicted molar refractivity (Wildman–Crippen MR) is 94.6 cm³/mol. The number of nitrogens with zero attached hydrogens (tertiary/aromatic N) is 2. The molecule has 1 heterocycles. The first-order chi connectivity index (χ1) is 12.5. The molecule has 26 heavy (non-hydrogen) atoms. The summed E-state index contributed by atoms with van der Waals surface area (Å²) >= 11 is 0. The van der Waals surface area contributed by atoms with Gasteiger partial charge >= 0.3 is 5.97 Å². The van der Waals surface area contributed by atoms with E-state index in [0.29, 0.717) is 11.4 Å². The van der Waals surface area contributed by atoms with E-state index in [1.54, 1.807) is 36.4 Å². The summed E-state index contributed by atoms with van der Waals surface area (Å²) in [4.78, 5) is 36.2. The van der Waals surface area contributed by atoms with Crippen LogP contribution in [0.25, 0.3) is 10.8 Å². The maximum Gasteiger partial charge on any atom is 0.357 e. The number of anilines is 1. The number of benzene rings is 2. The maximum atomic E-state index is 12.5. The number of carboxylic acids is 1. The Labute approximate surface area is 147 Å². The van der Waals surface area contributed by atoms with Crippen LogP contribution in [-0.2, 0) is 11.3 Å². The van der Waals surface area contributed by atoms with Crippen molar-refractivity contribution in [2.24, 2.45) is 0 Å². The van der Waals surface area contributed by atoms with Crippen LogP contribution in [0.15, 0.2) is 53.3 Å². The van der Waals surface area contributed by atoms with Crippen molar-refractivity contribution in [2.45, 2.75) is 6.54 Å². The van der Waals surface area contributed by atoms with E-state index in [2.05, 4.69) is 10.4 Å². The molecule has 0 bridgehead atoms. The Morgan fingerprint density at radius 3 is 2.58 bits per heavy atom. The Balaban J connectivity index is 1.93. The number of nitrogens with one attached hydrogen (secondary N) is 1. The third-order valence-electron chi connectivity index (χ3n) is 3.72. The topological polar surface area (TPSA) is 111 Å². The Kier molecular flexibility index (Phi) is 4.66. The van der Waals surface area contributed by atoms with Crippen LogP contribution in [0.4, 0.5) is 5.69 Å². The smallest absolute Gasteiger partial charge is 0.357 e. The van der Waals surface area contributed by atoms with Gasteiger partial charge in [0.1, 0.15) is 12.3 Å². The molecule has 0 atom stereocenters. The monoisotopic (exact) mass is 353 g/mol. The first kappa shape index (κ1) is 17.2. The summed E-state index contributed by atoms with van der Waals surface area (Å²) in [6.45, 7) is -0.416. The summed E-state index contributed by atoms with van der Waals surface area (Å²) < 4.78 is 5.93. The molecule has 3 rings (SSSR count). The Morgan fingerprint density at radius 1 is 1.15 bits per heavy atom. The number of fused-ring (bicyclic) bond motifs is 1. The third-order valence-corrected chi connectivity index (χ3v) is 3.72. The minimum Gasteiger partial charge on any atom is -0.497 e. The molecule has 1 aromatic heterocycles. The summed E-state index contributed by atoms with van der Waals surface area (Å²) in [6.07, 6.45) is 0. The number of ether oxygens (including phenoxy) is 1. The summed E-state index contributed by atoms with van der Waals surface area (Å²) in [6, 6.07) is 13.0. The zero-order chi connectivity index (χ0) is 18.7. The van der Waals surface area contributed by atoms with Gasteiger partial charge in [-0.2, -0.15) is 5.10 Å². The van der Waals surface area contributed by atoms with E-state index >= 15 is 0 Å². The number of aromatic nitrogens is 2. The fraction of sp³-hybridized carbons (Fsp3) is 0.111. The highest BCUT2D eigenvalue weighted by atomic mass is 16.5. The van der Waals surface area contributed by atoms with Gasteiger partial charge in [0.25, 0.3) is 5.56 Å². The lowest BCUT2D eigenvalue weighted by Crippen LogP contribution is -2.31. The number of carbonyl (C=O) groups is 2. The second kappa shape index (κ2) is 7.06. The second-order valence-corrected chi connectivity index (χ2v) is 5.44. The van der Waals surface area contributed by atoms with Gasteiger partial charge in [-0.15, -0.1) is 0 Å². The maximum absolute atomic E-state index is 12.5. The molecule has 1 amide bonds. The van der Waals surface area contributed by atoms with Gasteiger partial charge in [-0.05, 0) is 18.2 Å². The minimum atomic E-state index is -1.27. The largest absolute Gasteiger partial charge is 0.497 e. The van der Waals surface area contributed by atoms with Gasteiger partial charge in [-0.3, -0.25) is 9.59 Å². The van der Waals surface area contributed by atoms with Crippen LogP contribution in [0, 0.1) is 0 Å². The first-order valence-electron chi connectivity index (χ1n) is 7.66. The number of rotatable bonds is 5. The van der Waals surface area contributed by atoms with E-state index in [1.807, 2.05) is 0 Å². The molecule has 3 aromatic rings. The van der Waals surface area contributed by atoms with E-state index in [-0.39, 0.29) is 16.5 Å². The lowest BCUT2D eigenvalue weighted by Gasteiger charge is -2.10. The Hall–Kier alpha value is -3.68. The molecular formula is C18H15N3O5. The lowest BCUT2D eigenvalue weighted by molar-refractivity contribution is -0.117. The minimum absolute atomic E-state index is 0.189. The highest BCUT2D eigenvalue weighted by molar-refractivity contribution is 6.01. The zero-order valence-electron chi connectivity index (χ0n) is 13.8. The molecule has 0 radical (unpaired) electrons. The number of carboxylic acid groups (broad SMARTS) is 1. The number of methoxy groups -OCH3 is 1. The molecule has 0 saturated heterocycles. The molecular weight excluding hydrogens is 338 g/mol. The molecule has 0 spiro atoms. The SMILES string of the molecule is COc1cccc(NC(=O)Cn2nc(C(=O)O)c3ccccc3c2=O)c1. The lowest BCUT2D eigenvalue weighted by atomic mass is 10.1. The van der Waals surface area contributed by atoms with Crippen LogP contribution in [0.5, 0.6) is 5.75 Å². The highest BCUT2D eigenvalue weighted by Gasteiger charge is 2.17. The van der Waals surface area contributed by atoms with Gasteiger partial charge in [-0.1, -0.05) is 24.3 Å². The fourth-order valence-corrected chi connectivity index (χ4v) is 2.54. The second-order valence-electron chi connectivity index (χ2n) is 5.44. The molecule has 8 heteroatoms.